The third-order valence-electron chi connectivity index (χ3n) is 4.24. The van der Waals surface area contributed by atoms with Crippen LogP contribution in [-0.2, 0) is 16.7 Å². The molecule has 0 aliphatic heterocycles. The molecule has 0 bridgehead atoms. The van der Waals surface area contributed by atoms with E-state index in [1.807, 2.05) is 13.8 Å². The summed E-state index contributed by atoms with van der Waals surface area (Å²) < 4.78 is 48.9. The highest BCUT2D eigenvalue weighted by Crippen LogP contribution is 2.25. The molecular formula is C22H22FNO5S. The van der Waals surface area contributed by atoms with E-state index in [0.29, 0.717) is 12.1 Å². The van der Waals surface area contributed by atoms with Gasteiger partial charge in [-0.15, -0.1) is 0 Å². The fraction of sp³-hybridized carbons (Fsp3) is 0.227. The number of halogens is 1. The van der Waals surface area contributed by atoms with E-state index in [4.69, 9.17) is 8.60 Å². The summed E-state index contributed by atoms with van der Waals surface area (Å²) in [5.41, 5.74) is 0.517. The van der Waals surface area contributed by atoms with Gasteiger partial charge < -0.3 is 13.5 Å². The molecule has 0 spiro atoms. The Labute approximate surface area is 175 Å². The largest absolute Gasteiger partial charge is 0.459 e. The minimum absolute atomic E-state index is 0.0998. The summed E-state index contributed by atoms with van der Waals surface area (Å²) >= 11 is 0. The minimum Gasteiger partial charge on any atom is -0.459 e. The van der Waals surface area contributed by atoms with E-state index in [1.54, 1.807) is 35.2 Å². The molecule has 8 heteroatoms. The molecule has 0 unspecified atom stereocenters. The van der Waals surface area contributed by atoms with E-state index in [0.717, 1.165) is 24.3 Å². The van der Waals surface area contributed by atoms with E-state index in [2.05, 4.69) is 0 Å². The quantitative estimate of drug-likeness (QED) is 0.492. The van der Waals surface area contributed by atoms with E-state index in [-0.39, 0.29) is 34.8 Å². The van der Waals surface area contributed by atoms with Crippen LogP contribution >= 0.6 is 0 Å². The lowest BCUT2D eigenvalue weighted by atomic mass is 10.1. The fourth-order valence-corrected chi connectivity index (χ4v) is 3.87. The van der Waals surface area contributed by atoms with Crippen LogP contribution < -0.4 is 4.18 Å². The molecular weight excluding hydrogens is 409 g/mol. The van der Waals surface area contributed by atoms with Gasteiger partial charge in [0.25, 0.3) is 5.91 Å². The van der Waals surface area contributed by atoms with Crippen LogP contribution in [0.2, 0.25) is 0 Å². The highest BCUT2D eigenvalue weighted by molar-refractivity contribution is 7.87. The van der Waals surface area contributed by atoms with Gasteiger partial charge in [-0.1, -0.05) is 32.0 Å². The second-order valence-corrected chi connectivity index (χ2v) is 8.70. The van der Waals surface area contributed by atoms with E-state index < -0.39 is 15.9 Å². The SMILES string of the molecule is CC(C)CN(Cc1ccccc1OS(=O)(=O)c1ccc(F)cc1)C(=O)c1ccco1. The maximum absolute atomic E-state index is 13.1. The van der Waals surface area contributed by atoms with Crippen LogP contribution in [0, 0.1) is 11.7 Å². The van der Waals surface area contributed by atoms with E-state index in [1.165, 1.54) is 12.3 Å². The third kappa shape index (κ3) is 5.27. The van der Waals surface area contributed by atoms with Crippen molar-refractivity contribution in [3.8, 4) is 5.75 Å². The van der Waals surface area contributed by atoms with Gasteiger partial charge in [0.2, 0.25) is 0 Å². The lowest BCUT2D eigenvalue weighted by molar-refractivity contribution is 0.0689. The molecule has 0 aliphatic rings. The van der Waals surface area contributed by atoms with Crippen LogP contribution in [-0.4, -0.2) is 25.8 Å². The minimum atomic E-state index is -4.16. The molecule has 0 atom stereocenters. The molecule has 0 radical (unpaired) electrons. The standard InChI is InChI=1S/C22H22FNO5S/c1-16(2)14-24(22(25)21-8-5-13-28-21)15-17-6-3-4-7-20(17)29-30(26,27)19-11-9-18(23)10-12-19/h3-13,16H,14-15H2,1-2H3. The average Bonchev–Trinajstić information content (AvgIpc) is 3.23. The number of nitrogens with zero attached hydrogens (tertiary/aromatic N) is 1. The van der Waals surface area contributed by atoms with E-state index >= 15 is 0 Å². The first-order valence-corrected chi connectivity index (χ1v) is 10.8. The zero-order chi connectivity index (χ0) is 21.7. The van der Waals surface area contributed by atoms with Crippen molar-refractivity contribution in [1.82, 2.24) is 4.90 Å². The average molecular weight is 431 g/mol. The molecule has 3 aromatic rings. The summed E-state index contributed by atoms with van der Waals surface area (Å²) in [6.07, 6.45) is 1.42. The van der Waals surface area contributed by atoms with Gasteiger partial charge >= 0.3 is 10.1 Å². The molecule has 1 amide bonds. The molecule has 0 N–H and O–H groups in total. The molecule has 1 aromatic heterocycles. The number of amides is 1. The van der Waals surface area contributed by atoms with Crippen molar-refractivity contribution in [1.29, 1.82) is 0 Å². The predicted octanol–water partition coefficient (Wildman–Crippen LogP) is 4.48. The number of carbonyl (C=O) groups excluding carboxylic acids is 1. The molecule has 3 rings (SSSR count). The van der Waals surface area contributed by atoms with Gasteiger partial charge in [-0.2, -0.15) is 8.42 Å². The van der Waals surface area contributed by atoms with Gasteiger partial charge in [-0.05, 0) is 48.4 Å². The number of furan rings is 1. The summed E-state index contributed by atoms with van der Waals surface area (Å²) in [6, 6.07) is 14.2. The van der Waals surface area contributed by atoms with Crippen LogP contribution in [0.5, 0.6) is 5.75 Å². The molecule has 0 saturated heterocycles. The van der Waals surface area contributed by atoms with Crippen LogP contribution in [0.3, 0.4) is 0 Å². The van der Waals surface area contributed by atoms with Gasteiger partial charge in [-0.25, -0.2) is 4.39 Å². The maximum atomic E-state index is 13.1. The third-order valence-corrected chi connectivity index (χ3v) is 5.49. The van der Waals surface area contributed by atoms with Gasteiger partial charge in [0.15, 0.2) is 5.76 Å². The molecule has 0 saturated carbocycles. The molecule has 1 heterocycles. The van der Waals surface area contributed by atoms with Gasteiger partial charge in [0, 0.05) is 18.7 Å². The summed E-state index contributed by atoms with van der Waals surface area (Å²) in [5.74, 6) is -0.365. The molecule has 2 aromatic carbocycles. The smallest absolute Gasteiger partial charge is 0.339 e. The number of para-hydroxylation sites is 1. The predicted molar refractivity (Wildman–Crippen MR) is 109 cm³/mol. The Kier molecular flexibility index (Phi) is 6.56. The second-order valence-electron chi connectivity index (χ2n) is 7.16. The van der Waals surface area contributed by atoms with Gasteiger partial charge in [0.1, 0.15) is 16.5 Å². The van der Waals surface area contributed by atoms with Crippen molar-refractivity contribution in [2.75, 3.05) is 6.54 Å². The first-order chi connectivity index (χ1) is 14.3. The highest BCUT2D eigenvalue weighted by Gasteiger charge is 2.23. The van der Waals surface area contributed by atoms with Crippen molar-refractivity contribution in [3.63, 3.8) is 0 Å². The summed E-state index contributed by atoms with van der Waals surface area (Å²) in [6.45, 7) is 4.53. The summed E-state index contributed by atoms with van der Waals surface area (Å²) in [5, 5.41) is 0. The Morgan fingerprint density at radius 3 is 2.40 bits per heavy atom. The normalized spacial score (nSPS) is 11.5. The lowest BCUT2D eigenvalue weighted by Crippen LogP contribution is -2.33. The Bertz CT molecular complexity index is 1090. The number of hydrogen-bond acceptors (Lipinski definition) is 5. The fourth-order valence-electron chi connectivity index (χ4n) is 2.91. The molecule has 30 heavy (non-hydrogen) atoms. The van der Waals surface area contributed by atoms with Crippen molar-refractivity contribution in [2.45, 2.75) is 25.3 Å². The van der Waals surface area contributed by atoms with Crippen molar-refractivity contribution < 1.29 is 26.2 Å². The van der Waals surface area contributed by atoms with Crippen LogP contribution in [0.15, 0.2) is 76.2 Å². The lowest BCUT2D eigenvalue weighted by Gasteiger charge is -2.24. The Hall–Kier alpha value is -3.13. The zero-order valence-electron chi connectivity index (χ0n) is 16.6. The molecule has 6 nitrogen and oxygen atoms in total. The first-order valence-electron chi connectivity index (χ1n) is 9.37. The molecule has 0 fully saturated rings. The van der Waals surface area contributed by atoms with Gasteiger partial charge in [0.05, 0.1) is 6.26 Å². The van der Waals surface area contributed by atoms with E-state index in [9.17, 15) is 17.6 Å². The van der Waals surface area contributed by atoms with Crippen molar-refractivity contribution >= 4 is 16.0 Å². The van der Waals surface area contributed by atoms with Crippen molar-refractivity contribution in [2.24, 2.45) is 5.92 Å². The number of carbonyl (C=O) groups is 1. The molecule has 0 aliphatic carbocycles. The maximum Gasteiger partial charge on any atom is 0.339 e. The monoisotopic (exact) mass is 431 g/mol. The summed E-state index contributed by atoms with van der Waals surface area (Å²) in [7, 11) is -4.16. The van der Waals surface area contributed by atoms with Gasteiger partial charge in [-0.3, -0.25) is 4.79 Å². The van der Waals surface area contributed by atoms with Crippen molar-refractivity contribution in [3.05, 3.63) is 84.1 Å². The first kappa shape index (κ1) is 21.6. The Morgan fingerprint density at radius 1 is 1.07 bits per heavy atom. The Balaban J connectivity index is 1.87. The van der Waals surface area contributed by atoms with Crippen LogP contribution in [0.25, 0.3) is 0 Å². The summed E-state index contributed by atoms with van der Waals surface area (Å²) in [4.78, 5) is 14.3. The topological polar surface area (TPSA) is 76.8 Å². The number of hydrogen-bond donors (Lipinski definition) is 0. The molecule has 158 valence electrons. The number of rotatable bonds is 8. The van der Waals surface area contributed by atoms with Crippen LogP contribution in [0.1, 0.15) is 30.0 Å². The zero-order valence-corrected chi connectivity index (χ0v) is 17.4. The van der Waals surface area contributed by atoms with Crippen LogP contribution in [0.4, 0.5) is 4.39 Å². The second kappa shape index (κ2) is 9.13. The Morgan fingerprint density at radius 2 is 1.77 bits per heavy atom. The highest BCUT2D eigenvalue weighted by atomic mass is 32.2. The number of benzene rings is 2.